The first-order valence-electron chi connectivity index (χ1n) is 8.78. The molecule has 0 aromatic heterocycles. The third kappa shape index (κ3) is 3.22. The average molecular weight is 318 g/mol. The lowest BCUT2D eigenvalue weighted by Crippen LogP contribution is -2.06. The Balaban J connectivity index is 2.05. The summed E-state index contributed by atoms with van der Waals surface area (Å²) in [5, 5.41) is 13.4. The maximum Gasteiger partial charge on any atom is 0.104 e. The van der Waals surface area contributed by atoms with Gasteiger partial charge in [0, 0.05) is 0 Å². The molecule has 24 heavy (non-hydrogen) atoms. The summed E-state index contributed by atoms with van der Waals surface area (Å²) in [4.78, 5) is 0. The Kier molecular flexibility index (Phi) is 4.73. The first-order chi connectivity index (χ1) is 11.5. The summed E-state index contributed by atoms with van der Waals surface area (Å²) in [6, 6.07) is 21.0. The Hall–Kier alpha value is -2.12. The molecule has 0 spiro atoms. The third-order valence-corrected chi connectivity index (χ3v) is 4.78. The van der Waals surface area contributed by atoms with Crippen molar-refractivity contribution in [2.24, 2.45) is 0 Å². The zero-order chi connectivity index (χ0) is 17.3. The van der Waals surface area contributed by atoms with Crippen LogP contribution in [-0.2, 0) is 0 Å². The van der Waals surface area contributed by atoms with Gasteiger partial charge in [-0.1, -0.05) is 82.3 Å². The van der Waals surface area contributed by atoms with E-state index in [4.69, 9.17) is 0 Å². The molecule has 124 valence electrons. The van der Waals surface area contributed by atoms with Gasteiger partial charge in [-0.2, -0.15) is 0 Å². The predicted octanol–water partition coefficient (Wildman–Crippen LogP) is 6.17. The Morgan fingerprint density at radius 1 is 0.625 bits per heavy atom. The highest BCUT2D eigenvalue weighted by atomic mass is 16.3. The molecule has 0 amide bonds. The third-order valence-electron chi connectivity index (χ3n) is 4.78. The molecule has 0 saturated carbocycles. The molecule has 1 heteroatoms. The van der Waals surface area contributed by atoms with Gasteiger partial charge in [0.2, 0.25) is 0 Å². The normalized spacial score (nSPS) is 13.0. The van der Waals surface area contributed by atoms with Gasteiger partial charge in [0.05, 0.1) is 0 Å². The molecule has 0 radical (unpaired) electrons. The van der Waals surface area contributed by atoms with Gasteiger partial charge in [-0.05, 0) is 50.9 Å². The largest absolute Gasteiger partial charge is 0.384 e. The summed E-state index contributed by atoms with van der Waals surface area (Å²) in [7, 11) is 0. The molecule has 0 heterocycles. The van der Waals surface area contributed by atoms with Gasteiger partial charge in [-0.15, -0.1) is 0 Å². The first-order valence-corrected chi connectivity index (χ1v) is 8.78. The second kappa shape index (κ2) is 6.78. The second-order valence-corrected chi connectivity index (χ2v) is 7.21. The van der Waals surface area contributed by atoms with Gasteiger partial charge in [-0.25, -0.2) is 0 Å². The van der Waals surface area contributed by atoms with Crippen molar-refractivity contribution in [3.8, 4) is 0 Å². The van der Waals surface area contributed by atoms with E-state index >= 15 is 0 Å². The SMILES string of the molecule is CC(C)c1ccc(C(O)c2ccc3ccccc3c2)c(C(C)C)c1. The van der Waals surface area contributed by atoms with Crippen LogP contribution in [-0.4, -0.2) is 5.11 Å². The van der Waals surface area contributed by atoms with Crippen LogP contribution in [0.5, 0.6) is 0 Å². The predicted molar refractivity (Wildman–Crippen MR) is 103 cm³/mol. The van der Waals surface area contributed by atoms with Crippen LogP contribution in [0.2, 0.25) is 0 Å². The molecular formula is C23H26O. The summed E-state index contributed by atoms with van der Waals surface area (Å²) in [6.07, 6.45) is -0.590. The van der Waals surface area contributed by atoms with Gasteiger partial charge in [-0.3, -0.25) is 0 Å². The molecule has 3 aromatic rings. The number of aliphatic hydroxyl groups excluding tert-OH is 1. The lowest BCUT2D eigenvalue weighted by Gasteiger charge is -2.21. The highest BCUT2D eigenvalue weighted by Gasteiger charge is 2.18. The first kappa shape index (κ1) is 16.7. The van der Waals surface area contributed by atoms with Gasteiger partial charge in [0.15, 0.2) is 0 Å². The second-order valence-electron chi connectivity index (χ2n) is 7.21. The Bertz CT molecular complexity index is 846. The van der Waals surface area contributed by atoms with Crippen LogP contribution >= 0.6 is 0 Å². The fourth-order valence-electron chi connectivity index (χ4n) is 3.26. The van der Waals surface area contributed by atoms with Crippen molar-refractivity contribution in [1.82, 2.24) is 0 Å². The summed E-state index contributed by atoms with van der Waals surface area (Å²) in [5.41, 5.74) is 4.53. The van der Waals surface area contributed by atoms with E-state index in [0.717, 1.165) is 11.1 Å². The van der Waals surface area contributed by atoms with Crippen molar-refractivity contribution < 1.29 is 5.11 Å². The van der Waals surface area contributed by atoms with Gasteiger partial charge in [0.1, 0.15) is 6.10 Å². The standard InChI is InChI=1S/C23H26O/c1-15(2)18-11-12-21(22(14-18)16(3)4)23(24)20-10-9-17-7-5-6-8-19(17)13-20/h5-16,23-24H,1-4H3. The number of hydrogen-bond acceptors (Lipinski definition) is 1. The zero-order valence-corrected chi connectivity index (χ0v) is 15.0. The van der Waals surface area contributed by atoms with Crippen molar-refractivity contribution >= 4 is 10.8 Å². The molecule has 3 rings (SSSR count). The van der Waals surface area contributed by atoms with Crippen LogP contribution in [0.1, 0.15) is 67.9 Å². The van der Waals surface area contributed by atoms with Crippen LogP contribution < -0.4 is 0 Å². The van der Waals surface area contributed by atoms with E-state index in [1.54, 1.807) is 0 Å². The van der Waals surface area contributed by atoms with E-state index in [1.807, 2.05) is 18.2 Å². The Labute approximate surface area is 145 Å². The molecule has 0 bridgehead atoms. The minimum atomic E-state index is -0.590. The molecule has 0 aliphatic rings. The van der Waals surface area contributed by atoms with Crippen molar-refractivity contribution in [2.45, 2.75) is 45.6 Å². The topological polar surface area (TPSA) is 20.2 Å². The average Bonchev–Trinajstić information content (AvgIpc) is 2.60. The lowest BCUT2D eigenvalue weighted by atomic mass is 9.87. The number of hydrogen-bond donors (Lipinski definition) is 1. The van der Waals surface area contributed by atoms with Crippen LogP contribution in [0.3, 0.4) is 0 Å². The van der Waals surface area contributed by atoms with E-state index in [9.17, 15) is 5.11 Å². The summed E-state index contributed by atoms with van der Waals surface area (Å²) >= 11 is 0. The molecule has 1 atom stereocenters. The molecule has 0 saturated heterocycles. The maximum atomic E-state index is 11.0. The molecule has 1 nitrogen and oxygen atoms in total. The molecule has 3 aromatic carbocycles. The van der Waals surface area contributed by atoms with Crippen LogP contribution in [0, 0.1) is 0 Å². The van der Waals surface area contributed by atoms with Crippen molar-refractivity contribution in [2.75, 3.05) is 0 Å². The van der Waals surface area contributed by atoms with E-state index in [1.165, 1.54) is 21.9 Å². The van der Waals surface area contributed by atoms with Crippen LogP contribution in [0.15, 0.2) is 60.7 Å². The lowest BCUT2D eigenvalue weighted by molar-refractivity contribution is 0.219. The van der Waals surface area contributed by atoms with Crippen LogP contribution in [0.4, 0.5) is 0 Å². The van der Waals surface area contributed by atoms with E-state index in [2.05, 4.69) is 70.2 Å². The number of fused-ring (bicyclic) bond motifs is 1. The minimum absolute atomic E-state index is 0.383. The van der Waals surface area contributed by atoms with E-state index in [-0.39, 0.29) is 0 Å². The molecular weight excluding hydrogens is 292 g/mol. The fourth-order valence-corrected chi connectivity index (χ4v) is 3.26. The zero-order valence-electron chi connectivity index (χ0n) is 15.0. The Morgan fingerprint density at radius 2 is 1.29 bits per heavy atom. The molecule has 1 N–H and O–H groups in total. The molecule has 0 fully saturated rings. The quantitative estimate of drug-likeness (QED) is 0.610. The van der Waals surface area contributed by atoms with Crippen LogP contribution in [0.25, 0.3) is 10.8 Å². The highest BCUT2D eigenvalue weighted by molar-refractivity contribution is 5.83. The minimum Gasteiger partial charge on any atom is -0.384 e. The monoisotopic (exact) mass is 318 g/mol. The Morgan fingerprint density at radius 3 is 1.96 bits per heavy atom. The fraction of sp³-hybridized carbons (Fsp3) is 0.304. The van der Waals surface area contributed by atoms with Crippen molar-refractivity contribution in [1.29, 1.82) is 0 Å². The van der Waals surface area contributed by atoms with E-state index in [0.29, 0.717) is 11.8 Å². The van der Waals surface area contributed by atoms with Gasteiger partial charge < -0.3 is 5.11 Å². The molecule has 0 aliphatic heterocycles. The molecule has 1 unspecified atom stereocenters. The number of benzene rings is 3. The maximum absolute atomic E-state index is 11.0. The van der Waals surface area contributed by atoms with Crippen molar-refractivity contribution in [3.05, 3.63) is 82.9 Å². The summed E-state index contributed by atoms with van der Waals surface area (Å²) in [5.74, 6) is 0.878. The van der Waals surface area contributed by atoms with Crippen molar-refractivity contribution in [3.63, 3.8) is 0 Å². The molecule has 0 aliphatic carbocycles. The van der Waals surface area contributed by atoms with E-state index < -0.39 is 6.10 Å². The summed E-state index contributed by atoms with van der Waals surface area (Å²) < 4.78 is 0. The smallest absolute Gasteiger partial charge is 0.104 e. The highest BCUT2D eigenvalue weighted by Crippen LogP contribution is 2.33. The number of rotatable bonds is 4. The summed E-state index contributed by atoms with van der Waals surface area (Å²) in [6.45, 7) is 8.80. The number of aliphatic hydroxyl groups is 1. The van der Waals surface area contributed by atoms with Gasteiger partial charge in [0.25, 0.3) is 0 Å². The van der Waals surface area contributed by atoms with Gasteiger partial charge >= 0.3 is 0 Å².